The highest BCUT2D eigenvalue weighted by Gasteiger charge is 2.37. The van der Waals surface area contributed by atoms with Crippen LogP contribution in [0.25, 0.3) is 0 Å². The van der Waals surface area contributed by atoms with E-state index in [4.69, 9.17) is 14.2 Å². The Bertz CT molecular complexity index is 883. The minimum Gasteiger partial charge on any atom is -0.315 e. The summed E-state index contributed by atoms with van der Waals surface area (Å²) in [5, 5.41) is 0. The first-order valence-corrected chi connectivity index (χ1v) is 13.6. The summed E-state index contributed by atoms with van der Waals surface area (Å²) in [5.74, 6) is 0. The summed E-state index contributed by atoms with van der Waals surface area (Å²) in [6.07, 6.45) is -1.58. The molecule has 7 heteroatoms. The lowest BCUT2D eigenvalue weighted by atomic mass is 10.1. The second kappa shape index (κ2) is 10.2. The molecule has 3 aromatic rings. The van der Waals surface area contributed by atoms with Crippen LogP contribution in [0.2, 0.25) is 0 Å². The van der Waals surface area contributed by atoms with E-state index >= 15 is 0 Å². The van der Waals surface area contributed by atoms with Crippen molar-refractivity contribution in [3.05, 3.63) is 96.7 Å². The van der Waals surface area contributed by atoms with E-state index in [1.807, 2.05) is 0 Å². The highest BCUT2D eigenvalue weighted by Crippen LogP contribution is 2.46. The lowest BCUT2D eigenvalue weighted by Crippen LogP contribution is -2.29. The molecule has 0 radical (unpaired) electrons. The van der Waals surface area contributed by atoms with Gasteiger partial charge >= 0.3 is 0 Å². The Labute approximate surface area is 231 Å². The summed E-state index contributed by atoms with van der Waals surface area (Å²) >= 11 is 9.41. The summed E-state index contributed by atoms with van der Waals surface area (Å²) in [4.78, 5) is 0. The van der Waals surface area contributed by atoms with E-state index in [0.717, 1.165) is 42.1 Å². The van der Waals surface area contributed by atoms with Crippen molar-refractivity contribution in [2.45, 2.75) is 32.7 Å². The van der Waals surface area contributed by atoms with Crippen LogP contribution < -0.4 is 0 Å². The molecule has 0 spiro atoms. The Morgan fingerprint density at radius 2 is 0.800 bits per heavy atom. The third kappa shape index (κ3) is 4.86. The number of hydrogen-bond acceptors (Lipinski definition) is 3. The standard InChI is InChI=1S/C23H18I4O3/c1-12-6-3-8-14(24)18(12)21-28-22(19-13(2)7-4-9-15(19)25)30-23(29-21)20-16(26)10-5-11-17(20)27/h3-11,21-23H,1-2H3. The van der Waals surface area contributed by atoms with Gasteiger partial charge in [-0.25, -0.2) is 0 Å². The summed E-state index contributed by atoms with van der Waals surface area (Å²) in [6.45, 7) is 4.19. The van der Waals surface area contributed by atoms with Crippen LogP contribution in [0, 0.1) is 28.1 Å². The normalized spacial score (nSPS) is 21.6. The fourth-order valence-corrected chi connectivity index (χ4v) is 7.26. The van der Waals surface area contributed by atoms with E-state index in [1.54, 1.807) is 0 Å². The fourth-order valence-electron chi connectivity index (χ4n) is 3.46. The third-order valence-electron chi connectivity index (χ3n) is 4.99. The molecule has 3 nitrogen and oxygen atoms in total. The van der Waals surface area contributed by atoms with Gasteiger partial charge in [0.05, 0.1) is 0 Å². The lowest BCUT2D eigenvalue weighted by molar-refractivity contribution is -0.398. The van der Waals surface area contributed by atoms with Crippen molar-refractivity contribution in [1.29, 1.82) is 0 Å². The molecular weight excluding hydrogens is 832 g/mol. The van der Waals surface area contributed by atoms with Crippen molar-refractivity contribution < 1.29 is 14.2 Å². The van der Waals surface area contributed by atoms with E-state index in [9.17, 15) is 0 Å². The smallest absolute Gasteiger partial charge is 0.192 e. The molecule has 1 heterocycles. The van der Waals surface area contributed by atoms with Crippen LogP contribution in [0.15, 0.2) is 54.6 Å². The Kier molecular flexibility index (Phi) is 8.00. The van der Waals surface area contributed by atoms with Gasteiger partial charge < -0.3 is 14.2 Å². The largest absolute Gasteiger partial charge is 0.315 e. The van der Waals surface area contributed by atoms with Crippen molar-refractivity contribution in [2.24, 2.45) is 0 Å². The van der Waals surface area contributed by atoms with Crippen molar-refractivity contribution in [3.8, 4) is 0 Å². The van der Waals surface area contributed by atoms with Gasteiger partial charge in [0.15, 0.2) is 18.9 Å². The van der Waals surface area contributed by atoms with E-state index in [0.29, 0.717) is 0 Å². The highest BCUT2D eigenvalue weighted by molar-refractivity contribution is 14.1. The zero-order valence-electron chi connectivity index (χ0n) is 16.2. The van der Waals surface area contributed by atoms with Crippen LogP contribution in [0.3, 0.4) is 0 Å². The van der Waals surface area contributed by atoms with Crippen LogP contribution in [0.1, 0.15) is 46.7 Å². The third-order valence-corrected chi connectivity index (χ3v) is 8.75. The van der Waals surface area contributed by atoms with E-state index < -0.39 is 18.9 Å². The van der Waals surface area contributed by atoms with Crippen LogP contribution in [0.5, 0.6) is 0 Å². The molecule has 0 saturated carbocycles. The van der Waals surface area contributed by atoms with E-state index in [-0.39, 0.29) is 0 Å². The zero-order valence-corrected chi connectivity index (χ0v) is 24.8. The van der Waals surface area contributed by atoms with E-state index in [2.05, 4.69) is 159 Å². The molecule has 1 saturated heterocycles. The monoisotopic (exact) mass is 850 g/mol. The predicted molar refractivity (Wildman–Crippen MR) is 151 cm³/mol. The number of hydrogen-bond donors (Lipinski definition) is 0. The number of ether oxygens (including phenoxy) is 3. The van der Waals surface area contributed by atoms with Gasteiger partial charge in [-0.2, -0.15) is 0 Å². The number of benzene rings is 3. The Morgan fingerprint density at radius 3 is 1.17 bits per heavy atom. The molecule has 30 heavy (non-hydrogen) atoms. The second-order valence-electron chi connectivity index (χ2n) is 6.98. The SMILES string of the molecule is Cc1cccc(I)c1C1OC(c2c(C)cccc2I)OC(c2c(I)cccc2I)O1. The van der Waals surface area contributed by atoms with Gasteiger partial charge in [-0.05, 0) is 140 Å². The average molecular weight is 850 g/mol. The number of halogens is 4. The number of aryl methyl sites for hydroxylation is 2. The topological polar surface area (TPSA) is 27.7 Å². The fraction of sp³-hybridized carbons (Fsp3) is 0.217. The molecule has 2 unspecified atom stereocenters. The molecule has 4 rings (SSSR count). The van der Waals surface area contributed by atoms with Crippen molar-refractivity contribution >= 4 is 90.4 Å². The summed E-state index contributed by atoms with van der Waals surface area (Å²) < 4.78 is 23.8. The summed E-state index contributed by atoms with van der Waals surface area (Å²) in [5.41, 5.74) is 5.44. The first-order chi connectivity index (χ1) is 14.4. The molecule has 3 aromatic carbocycles. The van der Waals surface area contributed by atoms with Gasteiger partial charge in [-0.3, -0.25) is 0 Å². The van der Waals surface area contributed by atoms with Gasteiger partial charge in [0.2, 0.25) is 0 Å². The van der Waals surface area contributed by atoms with Crippen LogP contribution in [-0.4, -0.2) is 0 Å². The average Bonchev–Trinajstić information content (AvgIpc) is 2.67. The van der Waals surface area contributed by atoms with E-state index in [1.165, 1.54) is 0 Å². The minimum absolute atomic E-state index is 0.524. The maximum absolute atomic E-state index is 6.45. The number of rotatable bonds is 3. The molecular formula is C23H18I4O3. The molecule has 156 valence electrons. The lowest BCUT2D eigenvalue weighted by Gasteiger charge is -2.38. The molecule has 0 N–H and O–H groups in total. The minimum atomic E-state index is -0.528. The van der Waals surface area contributed by atoms with Crippen LogP contribution >= 0.6 is 90.4 Å². The van der Waals surface area contributed by atoms with Crippen LogP contribution in [-0.2, 0) is 14.2 Å². The molecule has 1 fully saturated rings. The first-order valence-electron chi connectivity index (χ1n) is 9.27. The van der Waals surface area contributed by atoms with Gasteiger partial charge in [-0.15, -0.1) is 0 Å². The van der Waals surface area contributed by atoms with Crippen molar-refractivity contribution in [2.75, 3.05) is 0 Å². The second-order valence-corrected chi connectivity index (χ2v) is 11.6. The maximum atomic E-state index is 6.45. The molecule has 1 aliphatic heterocycles. The molecule has 1 aliphatic rings. The predicted octanol–water partition coefficient (Wildman–Crippen LogP) is 8.18. The van der Waals surface area contributed by atoms with Gasteiger partial charge in [0, 0.05) is 31.0 Å². The first kappa shape index (κ1) is 23.6. The Balaban J connectivity index is 1.83. The quantitative estimate of drug-likeness (QED) is 0.249. The zero-order chi connectivity index (χ0) is 21.4. The van der Waals surface area contributed by atoms with Crippen LogP contribution in [0.4, 0.5) is 0 Å². The Hall–Kier alpha value is 0.460. The summed E-state index contributed by atoms with van der Waals surface area (Å²) in [7, 11) is 0. The molecule has 0 bridgehead atoms. The molecule has 0 amide bonds. The van der Waals surface area contributed by atoms with Crippen molar-refractivity contribution in [1.82, 2.24) is 0 Å². The summed E-state index contributed by atoms with van der Waals surface area (Å²) in [6, 6.07) is 18.7. The molecule has 2 atom stereocenters. The highest BCUT2D eigenvalue weighted by atomic mass is 127. The molecule has 0 aliphatic carbocycles. The maximum Gasteiger partial charge on any atom is 0.192 e. The Morgan fingerprint density at radius 1 is 0.500 bits per heavy atom. The van der Waals surface area contributed by atoms with Gasteiger partial charge in [-0.1, -0.05) is 30.3 Å². The van der Waals surface area contributed by atoms with Gasteiger partial charge in [0.1, 0.15) is 0 Å². The van der Waals surface area contributed by atoms with Gasteiger partial charge in [0.25, 0.3) is 0 Å². The van der Waals surface area contributed by atoms with Crippen molar-refractivity contribution in [3.63, 3.8) is 0 Å². The molecule has 0 aromatic heterocycles.